The predicted octanol–water partition coefficient (Wildman–Crippen LogP) is 2.97. The summed E-state index contributed by atoms with van der Waals surface area (Å²) < 4.78 is 31.7. The Hall–Kier alpha value is -2.87. The van der Waals surface area contributed by atoms with Crippen LogP contribution in [0, 0.1) is 0 Å². The number of hydrogen-bond acceptors (Lipinski definition) is 5. The summed E-state index contributed by atoms with van der Waals surface area (Å²) in [7, 11) is -2.30. The van der Waals surface area contributed by atoms with Crippen LogP contribution in [0.2, 0.25) is 0 Å². The lowest BCUT2D eigenvalue weighted by Crippen LogP contribution is -2.36. The number of para-hydroxylation sites is 1. The molecule has 8 heteroatoms. The Morgan fingerprint density at radius 2 is 1.59 bits per heavy atom. The van der Waals surface area contributed by atoms with Crippen molar-refractivity contribution in [3.05, 3.63) is 60.2 Å². The van der Waals surface area contributed by atoms with Crippen molar-refractivity contribution in [2.75, 3.05) is 18.0 Å². The predicted molar refractivity (Wildman–Crippen MR) is 111 cm³/mol. The van der Waals surface area contributed by atoms with Crippen molar-refractivity contribution < 1.29 is 22.7 Å². The van der Waals surface area contributed by atoms with Gasteiger partial charge in [0.25, 0.3) is 15.9 Å². The molecule has 2 aromatic rings. The lowest BCUT2D eigenvalue weighted by atomic mass is 10.2. The molecule has 2 aromatic carbocycles. The SMILES string of the molecule is CCC(CC)NC(=O)COC(=O)c1ccc(S(=O)(=O)N(C)c2ccccc2)cc1. The molecule has 0 bridgehead atoms. The number of sulfonamides is 1. The highest BCUT2D eigenvalue weighted by molar-refractivity contribution is 7.92. The second-order valence-electron chi connectivity index (χ2n) is 6.49. The molecular weight excluding hydrogens is 392 g/mol. The Morgan fingerprint density at radius 1 is 1.00 bits per heavy atom. The summed E-state index contributed by atoms with van der Waals surface area (Å²) in [4.78, 5) is 24.0. The molecule has 0 aliphatic rings. The van der Waals surface area contributed by atoms with E-state index in [0.29, 0.717) is 5.69 Å². The first-order chi connectivity index (χ1) is 13.8. The van der Waals surface area contributed by atoms with Crippen LogP contribution < -0.4 is 9.62 Å². The monoisotopic (exact) mass is 418 g/mol. The van der Waals surface area contributed by atoms with E-state index in [-0.39, 0.29) is 29.0 Å². The maximum Gasteiger partial charge on any atom is 0.338 e. The van der Waals surface area contributed by atoms with Crippen LogP contribution in [0.5, 0.6) is 0 Å². The van der Waals surface area contributed by atoms with Crippen LogP contribution in [0.4, 0.5) is 5.69 Å². The molecule has 0 radical (unpaired) electrons. The summed E-state index contributed by atoms with van der Waals surface area (Å²) in [5.41, 5.74) is 0.695. The average molecular weight is 419 g/mol. The fraction of sp³-hybridized carbons (Fsp3) is 0.333. The van der Waals surface area contributed by atoms with Crippen molar-refractivity contribution in [1.29, 1.82) is 0 Å². The molecule has 29 heavy (non-hydrogen) atoms. The van der Waals surface area contributed by atoms with Crippen molar-refractivity contribution in [2.45, 2.75) is 37.6 Å². The molecule has 0 aliphatic heterocycles. The minimum absolute atomic E-state index is 0.0480. The zero-order chi connectivity index (χ0) is 21.4. The van der Waals surface area contributed by atoms with Gasteiger partial charge in [0.1, 0.15) is 0 Å². The van der Waals surface area contributed by atoms with E-state index in [1.807, 2.05) is 13.8 Å². The Kier molecular flexibility index (Phi) is 7.78. The third kappa shape index (κ3) is 5.80. The van der Waals surface area contributed by atoms with Crippen LogP contribution in [-0.2, 0) is 19.6 Å². The molecule has 0 aromatic heterocycles. The van der Waals surface area contributed by atoms with E-state index in [0.717, 1.165) is 12.8 Å². The fourth-order valence-corrected chi connectivity index (χ4v) is 3.87. The molecule has 0 aliphatic carbocycles. The van der Waals surface area contributed by atoms with E-state index in [1.165, 1.54) is 35.6 Å². The second kappa shape index (κ2) is 10.1. The number of amides is 1. The summed E-state index contributed by atoms with van der Waals surface area (Å²) in [6.07, 6.45) is 1.59. The maximum absolute atomic E-state index is 12.7. The van der Waals surface area contributed by atoms with E-state index in [4.69, 9.17) is 4.74 Å². The lowest BCUT2D eigenvalue weighted by Gasteiger charge is -2.19. The molecule has 0 fully saturated rings. The van der Waals surface area contributed by atoms with Crippen LogP contribution in [0.1, 0.15) is 37.0 Å². The number of benzene rings is 2. The molecule has 0 saturated heterocycles. The van der Waals surface area contributed by atoms with Gasteiger partial charge in [0.15, 0.2) is 6.61 Å². The number of hydrogen-bond donors (Lipinski definition) is 1. The van der Waals surface area contributed by atoms with Crippen LogP contribution in [-0.4, -0.2) is 40.0 Å². The third-order valence-electron chi connectivity index (χ3n) is 4.55. The summed E-state index contributed by atoms with van der Waals surface area (Å²) in [5.74, 6) is -1.05. The lowest BCUT2D eigenvalue weighted by molar-refractivity contribution is -0.125. The first-order valence-electron chi connectivity index (χ1n) is 9.40. The molecule has 0 heterocycles. The largest absolute Gasteiger partial charge is 0.452 e. The smallest absolute Gasteiger partial charge is 0.338 e. The Labute approximate surface area is 171 Å². The van der Waals surface area contributed by atoms with Gasteiger partial charge in [-0.2, -0.15) is 0 Å². The summed E-state index contributed by atoms with van der Waals surface area (Å²) in [6.45, 7) is 3.54. The van der Waals surface area contributed by atoms with Crippen molar-refractivity contribution in [3.8, 4) is 0 Å². The number of carbonyl (C=O) groups excluding carboxylic acids is 2. The highest BCUT2D eigenvalue weighted by Gasteiger charge is 2.22. The number of anilines is 1. The topological polar surface area (TPSA) is 92.8 Å². The van der Waals surface area contributed by atoms with Crippen molar-refractivity contribution in [1.82, 2.24) is 5.32 Å². The first kappa shape index (κ1) is 22.4. The zero-order valence-electron chi connectivity index (χ0n) is 16.8. The molecule has 0 spiro atoms. The van der Waals surface area contributed by atoms with Crippen LogP contribution in [0.3, 0.4) is 0 Å². The number of rotatable bonds is 9. The van der Waals surface area contributed by atoms with Gasteiger partial charge in [0.05, 0.1) is 16.1 Å². The number of carbonyl (C=O) groups is 2. The van der Waals surface area contributed by atoms with E-state index in [1.54, 1.807) is 30.3 Å². The quantitative estimate of drug-likeness (QED) is 0.632. The standard InChI is InChI=1S/C21H26N2O5S/c1-4-17(5-2)22-20(24)15-28-21(25)16-11-13-19(14-12-16)29(26,27)23(3)18-9-7-6-8-10-18/h6-14,17H,4-5,15H2,1-3H3,(H,22,24). The van der Waals surface area contributed by atoms with Crippen molar-refractivity contribution >= 4 is 27.6 Å². The van der Waals surface area contributed by atoms with E-state index >= 15 is 0 Å². The molecule has 7 nitrogen and oxygen atoms in total. The van der Waals surface area contributed by atoms with Gasteiger partial charge in [-0.3, -0.25) is 9.10 Å². The minimum atomic E-state index is -3.76. The summed E-state index contributed by atoms with van der Waals surface area (Å²) in [6, 6.07) is 14.2. The number of ether oxygens (including phenoxy) is 1. The van der Waals surface area contributed by atoms with Crippen LogP contribution >= 0.6 is 0 Å². The number of nitrogens with one attached hydrogen (secondary N) is 1. The van der Waals surface area contributed by atoms with Crippen LogP contribution in [0.15, 0.2) is 59.5 Å². The summed E-state index contributed by atoms with van der Waals surface area (Å²) in [5, 5.41) is 2.78. The van der Waals surface area contributed by atoms with Gasteiger partial charge in [-0.1, -0.05) is 32.0 Å². The van der Waals surface area contributed by atoms with Gasteiger partial charge in [-0.25, -0.2) is 13.2 Å². The Balaban J connectivity index is 2.02. The molecule has 1 N–H and O–H groups in total. The van der Waals surface area contributed by atoms with Crippen molar-refractivity contribution in [3.63, 3.8) is 0 Å². The zero-order valence-corrected chi connectivity index (χ0v) is 17.6. The second-order valence-corrected chi connectivity index (χ2v) is 8.46. The molecule has 0 atom stereocenters. The van der Waals surface area contributed by atoms with E-state index < -0.39 is 16.0 Å². The average Bonchev–Trinajstić information content (AvgIpc) is 2.75. The minimum Gasteiger partial charge on any atom is -0.452 e. The van der Waals surface area contributed by atoms with E-state index in [2.05, 4.69) is 5.32 Å². The van der Waals surface area contributed by atoms with Crippen molar-refractivity contribution in [2.24, 2.45) is 0 Å². The molecule has 0 saturated carbocycles. The van der Waals surface area contributed by atoms with Gasteiger partial charge in [-0.05, 0) is 49.2 Å². The van der Waals surface area contributed by atoms with E-state index in [9.17, 15) is 18.0 Å². The number of nitrogens with zero attached hydrogens (tertiary/aromatic N) is 1. The molecular formula is C21H26N2O5S. The normalized spacial score (nSPS) is 11.2. The fourth-order valence-electron chi connectivity index (χ4n) is 2.67. The number of esters is 1. The summed E-state index contributed by atoms with van der Waals surface area (Å²) >= 11 is 0. The molecule has 2 rings (SSSR count). The van der Waals surface area contributed by atoms with Gasteiger partial charge in [0.2, 0.25) is 0 Å². The molecule has 0 unspecified atom stereocenters. The highest BCUT2D eigenvalue weighted by atomic mass is 32.2. The maximum atomic E-state index is 12.7. The van der Waals surface area contributed by atoms with Gasteiger partial charge in [0, 0.05) is 13.1 Å². The van der Waals surface area contributed by atoms with Gasteiger partial charge in [-0.15, -0.1) is 0 Å². The first-order valence-corrected chi connectivity index (χ1v) is 10.8. The van der Waals surface area contributed by atoms with Gasteiger partial charge >= 0.3 is 5.97 Å². The third-order valence-corrected chi connectivity index (χ3v) is 6.35. The Bertz CT molecular complexity index is 923. The highest BCUT2D eigenvalue weighted by Crippen LogP contribution is 2.22. The molecule has 1 amide bonds. The van der Waals surface area contributed by atoms with Gasteiger partial charge < -0.3 is 10.1 Å². The molecule has 156 valence electrons. The Morgan fingerprint density at radius 3 is 2.14 bits per heavy atom. The van der Waals surface area contributed by atoms with Crippen LogP contribution in [0.25, 0.3) is 0 Å².